The fraction of sp³-hybridized carbons (Fsp3) is 0.500. The van der Waals surface area contributed by atoms with Crippen molar-refractivity contribution in [3.63, 3.8) is 0 Å². The lowest BCUT2D eigenvalue weighted by Gasteiger charge is -2.29. The van der Waals surface area contributed by atoms with E-state index in [1.807, 2.05) is 6.07 Å². The van der Waals surface area contributed by atoms with Crippen molar-refractivity contribution < 1.29 is 14.6 Å². The van der Waals surface area contributed by atoms with Crippen molar-refractivity contribution in [3.05, 3.63) is 24.3 Å². The second-order valence-electron chi connectivity index (χ2n) is 4.03. The molecule has 2 rings (SSSR count). The van der Waals surface area contributed by atoms with Gasteiger partial charge in [-0.25, -0.2) is 0 Å². The average molecular weight is 223 g/mol. The van der Waals surface area contributed by atoms with E-state index < -0.39 is 0 Å². The molecule has 0 radical (unpaired) electrons. The molecule has 1 unspecified atom stereocenters. The summed E-state index contributed by atoms with van der Waals surface area (Å²) in [6.45, 7) is 3.05. The van der Waals surface area contributed by atoms with Crippen LogP contribution in [-0.2, 0) is 4.74 Å². The van der Waals surface area contributed by atoms with Gasteiger partial charge in [0.15, 0.2) is 11.5 Å². The van der Waals surface area contributed by atoms with E-state index in [2.05, 4.69) is 11.9 Å². The molecule has 1 aliphatic heterocycles. The molecule has 4 nitrogen and oxygen atoms in total. The zero-order chi connectivity index (χ0) is 11.4. The van der Waals surface area contributed by atoms with E-state index in [0.29, 0.717) is 12.4 Å². The van der Waals surface area contributed by atoms with Crippen molar-refractivity contribution in [2.75, 3.05) is 33.4 Å². The lowest BCUT2D eigenvalue weighted by atomic mass is 10.3. The maximum atomic E-state index is 9.52. The van der Waals surface area contributed by atoms with Gasteiger partial charge in [0.2, 0.25) is 0 Å². The molecule has 1 aromatic carbocycles. The monoisotopic (exact) mass is 223 g/mol. The van der Waals surface area contributed by atoms with Gasteiger partial charge in [0.1, 0.15) is 12.7 Å². The number of likely N-dealkylation sites (N-methyl/N-ethyl adjacent to an activating group) is 1. The van der Waals surface area contributed by atoms with E-state index >= 15 is 0 Å². The van der Waals surface area contributed by atoms with Gasteiger partial charge in [-0.2, -0.15) is 0 Å². The third kappa shape index (κ3) is 2.87. The molecule has 0 saturated carbocycles. The first-order valence-corrected chi connectivity index (χ1v) is 5.46. The molecule has 0 spiro atoms. The van der Waals surface area contributed by atoms with E-state index in [1.54, 1.807) is 18.2 Å². The largest absolute Gasteiger partial charge is 0.504 e. The molecule has 16 heavy (non-hydrogen) atoms. The van der Waals surface area contributed by atoms with Gasteiger partial charge >= 0.3 is 0 Å². The van der Waals surface area contributed by atoms with Crippen LogP contribution in [0.5, 0.6) is 11.5 Å². The van der Waals surface area contributed by atoms with E-state index in [-0.39, 0.29) is 11.9 Å². The van der Waals surface area contributed by atoms with Crippen LogP contribution in [0.1, 0.15) is 0 Å². The highest BCUT2D eigenvalue weighted by molar-refractivity contribution is 5.37. The molecule has 4 heteroatoms. The normalized spacial score (nSPS) is 21.9. The van der Waals surface area contributed by atoms with Crippen molar-refractivity contribution in [1.82, 2.24) is 4.90 Å². The van der Waals surface area contributed by atoms with Gasteiger partial charge < -0.3 is 19.5 Å². The molecule has 1 aliphatic rings. The molecular weight excluding hydrogens is 206 g/mol. The number of morpholine rings is 1. The number of nitrogens with zero attached hydrogens (tertiary/aromatic N) is 1. The molecule has 0 amide bonds. The fourth-order valence-electron chi connectivity index (χ4n) is 1.73. The maximum absolute atomic E-state index is 9.52. The van der Waals surface area contributed by atoms with Gasteiger partial charge in [0.05, 0.1) is 6.61 Å². The van der Waals surface area contributed by atoms with Crippen LogP contribution in [0.25, 0.3) is 0 Å². The van der Waals surface area contributed by atoms with Crippen LogP contribution in [0.15, 0.2) is 24.3 Å². The zero-order valence-corrected chi connectivity index (χ0v) is 9.43. The fourth-order valence-corrected chi connectivity index (χ4v) is 1.73. The molecule has 0 bridgehead atoms. The lowest BCUT2D eigenvalue weighted by Crippen LogP contribution is -2.42. The summed E-state index contributed by atoms with van der Waals surface area (Å²) in [4.78, 5) is 2.21. The number of phenolic OH excluding ortho intramolecular Hbond substituents is 1. The second kappa shape index (κ2) is 5.18. The number of para-hydroxylation sites is 2. The first-order valence-electron chi connectivity index (χ1n) is 5.46. The van der Waals surface area contributed by atoms with E-state index in [9.17, 15) is 5.11 Å². The first-order chi connectivity index (χ1) is 7.75. The summed E-state index contributed by atoms with van der Waals surface area (Å²) < 4.78 is 11.1. The van der Waals surface area contributed by atoms with Gasteiger partial charge in [-0.1, -0.05) is 12.1 Å². The van der Waals surface area contributed by atoms with Gasteiger partial charge in [0.25, 0.3) is 0 Å². The Labute approximate surface area is 95.4 Å². The zero-order valence-electron chi connectivity index (χ0n) is 9.43. The van der Waals surface area contributed by atoms with Crippen LogP contribution >= 0.6 is 0 Å². The Hall–Kier alpha value is -1.26. The van der Waals surface area contributed by atoms with Gasteiger partial charge in [-0.3, -0.25) is 0 Å². The Bertz CT molecular complexity index is 343. The quantitative estimate of drug-likeness (QED) is 0.833. The minimum atomic E-state index is 0.0818. The van der Waals surface area contributed by atoms with Crippen molar-refractivity contribution in [3.8, 4) is 11.5 Å². The summed E-state index contributed by atoms with van der Waals surface area (Å²) in [5.74, 6) is 0.686. The van der Waals surface area contributed by atoms with Crippen LogP contribution in [-0.4, -0.2) is 49.5 Å². The van der Waals surface area contributed by atoms with E-state index in [0.717, 1.165) is 19.7 Å². The number of rotatable bonds is 3. The van der Waals surface area contributed by atoms with Crippen molar-refractivity contribution >= 4 is 0 Å². The Morgan fingerprint density at radius 2 is 2.31 bits per heavy atom. The Balaban J connectivity index is 1.85. The lowest BCUT2D eigenvalue weighted by molar-refractivity contribution is -0.0406. The molecule has 0 aromatic heterocycles. The Morgan fingerprint density at radius 1 is 1.50 bits per heavy atom. The maximum Gasteiger partial charge on any atom is 0.161 e. The third-order valence-electron chi connectivity index (χ3n) is 2.63. The van der Waals surface area contributed by atoms with Crippen molar-refractivity contribution in [2.24, 2.45) is 0 Å². The topological polar surface area (TPSA) is 41.9 Å². The SMILES string of the molecule is CN1CCOC(COc2ccccc2O)C1. The molecule has 88 valence electrons. The van der Waals surface area contributed by atoms with E-state index in [4.69, 9.17) is 9.47 Å². The van der Waals surface area contributed by atoms with Crippen LogP contribution in [0.2, 0.25) is 0 Å². The molecule has 1 N–H and O–H groups in total. The number of hydrogen-bond donors (Lipinski definition) is 1. The predicted octanol–water partition coefficient (Wildman–Crippen LogP) is 1.10. The predicted molar refractivity (Wildman–Crippen MR) is 60.8 cm³/mol. The Kier molecular flexibility index (Phi) is 3.64. The van der Waals surface area contributed by atoms with Crippen LogP contribution < -0.4 is 4.74 Å². The Morgan fingerprint density at radius 3 is 3.06 bits per heavy atom. The van der Waals surface area contributed by atoms with E-state index in [1.165, 1.54) is 0 Å². The van der Waals surface area contributed by atoms with Gasteiger partial charge in [-0.05, 0) is 19.2 Å². The smallest absolute Gasteiger partial charge is 0.161 e. The molecule has 1 heterocycles. The first kappa shape index (κ1) is 11.2. The van der Waals surface area contributed by atoms with Crippen molar-refractivity contribution in [2.45, 2.75) is 6.10 Å². The van der Waals surface area contributed by atoms with Crippen LogP contribution in [0.4, 0.5) is 0 Å². The number of ether oxygens (including phenoxy) is 2. The summed E-state index contributed by atoms with van der Waals surface area (Å²) in [5.41, 5.74) is 0. The highest BCUT2D eigenvalue weighted by Crippen LogP contribution is 2.24. The second-order valence-corrected chi connectivity index (χ2v) is 4.03. The molecule has 1 fully saturated rings. The summed E-state index contributed by atoms with van der Waals surface area (Å²) in [6, 6.07) is 6.97. The average Bonchev–Trinajstić information content (AvgIpc) is 2.28. The molecule has 1 aromatic rings. The van der Waals surface area contributed by atoms with Crippen LogP contribution in [0, 0.1) is 0 Å². The molecular formula is C12H17NO3. The highest BCUT2D eigenvalue weighted by Gasteiger charge is 2.18. The van der Waals surface area contributed by atoms with Gasteiger partial charge in [0, 0.05) is 13.1 Å². The van der Waals surface area contributed by atoms with Crippen molar-refractivity contribution in [1.29, 1.82) is 0 Å². The molecule has 1 atom stereocenters. The summed E-state index contributed by atoms with van der Waals surface area (Å²) in [7, 11) is 2.06. The summed E-state index contributed by atoms with van der Waals surface area (Å²) in [6.07, 6.45) is 0.0818. The third-order valence-corrected chi connectivity index (χ3v) is 2.63. The minimum Gasteiger partial charge on any atom is -0.504 e. The molecule has 0 aliphatic carbocycles. The summed E-state index contributed by atoms with van der Waals surface area (Å²) in [5, 5.41) is 9.52. The van der Waals surface area contributed by atoms with Crippen LogP contribution in [0.3, 0.4) is 0 Å². The molecule has 1 saturated heterocycles. The number of hydrogen-bond acceptors (Lipinski definition) is 4. The highest BCUT2D eigenvalue weighted by atomic mass is 16.5. The summed E-state index contributed by atoms with van der Waals surface area (Å²) >= 11 is 0. The standard InChI is InChI=1S/C12H17NO3/c1-13-6-7-15-10(8-13)9-16-12-5-3-2-4-11(12)14/h2-5,10,14H,6-9H2,1H3. The number of aromatic hydroxyl groups is 1. The van der Waals surface area contributed by atoms with Gasteiger partial charge in [-0.15, -0.1) is 0 Å². The number of phenols is 1. The number of benzene rings is 1. The minimum absolute atomic E-state index is 0.0818.